The van der Waals surface area contributed by atoms with Crippen LogP contribution >= 0.6 is 0 Å². The molecule has 0 aromatic heterocycles. The summed E-state index contributed by atoms with van der Waals surface area (Å²) < 4.78 is 5.86. The van der Waals surface area contributed by atoms with Gasteiger partial charge in [0, 0.05) is 12.8 Å². The zero-order valence-corrected chi connectivity index (χ0v) is 13.6. The van der Waals surface area contributed by atoms with Gasteiger partial charge in [-0.3, -0.25) is 0 Å². The summed E-state index contributed by atoms with van der Waals surface area (Å²) in [6.45, 7) is 4.92. The molecule has 114 valence electrons. The van der Waals surface area contributed by atoms with Gasteiger partial charge in [-0.15, -0.1) is 11.8 Å². The minimum absolute atomic E-state index is 0.613. The molecule has 0 radical (unpaired) electrons. The van der Waals surface area contributed by atoms with Crippen LogP contribution < -0.4 is 4.74 Å². The second kappa shape index (κ2) is 8.95. The first-order valence-electron chi connectivity index (χ1n) is 8.01. The smallest absolute Gasteiger partial charge is 0.120 e. The van der Waals surface area contributed by atoms with Crippen molar-refractivity contribution < 1.29 is 4.74 Å². The van der Waals surface area contributed by atoms with Crippen molar-refractivity contribution in [1.29, 1.82) is 0 Å². The molecule has 0 fully saturated rings. The zero-order chi connectivity index (χ0) is 15.6. The Morgan fingerprint density at radius 1 is 0.955 bits per heavy atom. The molecule has 0 N–H and O–H groups in total. The number of benzene rings is 2. The van der Waals surface area contributed by atoms with Crippen molar-refractivity contribution in [2.75, 3.05) is 0 Å². The molecular formula is C21H24O. The standard InChI is InChI=1S/C21H24O/c1-3-4-5-6-10-13-20-14-15-21(16-18(20)2)22-17-19-11-8-7-9-12-19/h7-9,11-12,14-16H,3-4,10,13,17H2,1-2H3. The second-order valence-electron chi connectivity index (χ2n) is 5.47. The van der Waals surface area contributed by atoms with E-state index in [0.29, 0.717) is 6.61 Å². The highest BCUT2D eigenvalue weighted by Gasteiger charge is 2.01. The average Bonchev–Trinajstić information content (AvgIpc) is 2.55. The van der Waals surface area contributed by atoms with E-state index in [1.807, 2.05) is 18.2 Å². The van der Waals surface area contributed by atoms with Gasteiger partial charge in [-0.05, 0) is 48.6 Å². The van der Waals surface area contributed by atoms with Crippen LogP contribution in [0.15, 0.2) is 48.5 Å². The highest BCUT2D eigenvalue weighted by Crippen LogP contribution is 2.19. The third-order valence-corrected chi connectivity index (χ3v) is 3.58. The molecule has 2 rings (SSSR count). The van der Waals surface area contributed by atoms with Crippen LogP contribution in [0.3, 0.4) is 0 Å². The average molecular weight is 292 g/mol. The monoisotopic (exact) mass is 292 g/mol. The Hall–Kier alpha value is -2.20. The minimum Gasteiger partial charge on any atom is -0.489 e. The summed E-state index contributed by atoms with van der Waals surface area (Å²) in [4.78, 5) is 0. The number of hydrogen-bond donors (Lipinski definition) is 0. The van der Waals surface area contributed by atoms with Crippen LogP contribution in [0.25, 0.3) is 0 Å². The highest BCUT2D eigenvalue weighted by atomic mass is 16.5. The molecule has 0 aliphatic heterocycles. The second-order valence-corrected chi connectivity index (χ2v) is 5.47. The van der Waals surface area contributed by atoms with Crippen molar-refractivity contribution >= 4 is 0 Å². The number of hydrogen-bond acceptors (Lipinski definition) is 1. The van der Waals surface area contributed by atoms with E-state index >= 15 is 0 Å². The maximum atomic E-state index is 5.86. The fraction of sp³-hybridized carbons (Fsp3) is 0.333. The molecule has 0 heterocycles. The van der Waals surface area contributed by atoms with Gasteiger partial charge in [0.25, 0.3) is 0 Å². The largest absolute Gasteiger partial charge is 0.489 e. The first-order chi connectivity index (χ1) is 10.8. The van der Waals surface area contributed by atoms with Gasteiger partial charge in [-0.1, -0.05) is 43.3 Å². The van der Waals surface area contributed by atoms with Crippen LogP contribution in [0.5, 0.6) is 5.75 Å². The normalized spacial score (nSPS) is 9.91. The molecule has 1 nitrogen and oxygen atoms in total. The molecule has 0 saturated heterocycles. The quantitative estimate of drug-likeness (QED) is 0.656. The van der Waals surface area contributed by atoms with Crippen molar-refractivity contribution in [1.82, 2.24) is 0 Å². The number of unbranched alkanes of at least 4 members (excludes halogenated alkanes) is 1. The molecule has 0 aliphatic carbocycles. The lowest BCUT2D eigenvalue weighted by Crippen LogP contribution is -1.96. The van der Waals surface area contributed by atoms with Gasteiger partial charge in [0.2, 0.25) is 0 Å². The molecule has 0 amide bonds. The maximum absolute atomic E-state index is 5.86. The number of ether oxygens (including phenoxy) is 1. The molecule has 2 aromatic rings. The van der Waals surface area contributed by atoms with Crippen molar-refractivity contribution in [3.63, 3.8) is 0 Å². The molecule has 0 bridgehead atoms. The lowest BCUT2D eigenvalue weighted by atomic mass is 10.0. The topological polar surface area (TPSA) is 9.23 Å². The summed E-state index contributed by atoms with van der Waals surface area (Å²) in [5.41, 5.74) is 3.83. The first kappa shape index (κ1) is 16.2. The minimum atomic E-state index is 0.613. The van der Waals surface area contributed by atoms with E-state index in [-0.39, 0.29) is 0 Å². The van der Waals surface area contributed by atoms with Gasteiger partial charge in [-0.25, -0.2) is 0 Å². The Balaban J connectivity index is 1.88. The fourth-order valence-electron chi connectivity index (χ4n) is 2.28. The molecule has 0 saturated carbocycles. The van der Waals surface area contributed by atoms with Crippen LogP contribution in [0.2, 0.25) is 0 Å². The van der Waals surface area contributed by atoms with Gasteiger partial charge in [0.1, 0.15) is 12.4 Å². The summed E-state index contributed by atoms with van der Waals surface area (Å²) in [5, 5.41) is 0. The summed E-state index contributed by atoms with van der Waals surface area (Å²) in [6, 6.07) is 16.6. The predicted molar refractivity (Wildman–Crippen MR) is 93.0 cm³/mol. The summed E-state index contributed by atoms with van der Waals surface area (Å²) in [7, 11) is 0. The van der Waals surface area contributed by atoms with E-state index in [9.17, 15) is 0 Å². The van der Waals surface area contributed by atoms with E-state index in [1.165, 1.54) is 16.7 Å². The van der Waals surface area contributed by atoms with Gasteiger partial charge < -0.3 is 4.74 Å². The Morgan fingerprint density at radius 2 is 1.73 bits per heavy atom. The molecule has 1 heteroatoms. The summed E-state index contributed by atoms with van der Waals surface area (Å²) in [5.74, 6) is 7.37. The van der Waals surface area contributed by atoms with E-state index in [0.717, 1.165) is 31.4 Å². The Morgan fingerprint density at radius 3 is 2.45 bits per heavy atom. The Labute approximate surface area is 134 Å². The predicted octanol–water partition coefficient (Wildman–Crippen LogP) is 5.31. The molecule has 0 spiro atoms. The number of aryl methyl sites for hydroxylation is 2. The first-order valence-corrected chi connectivity index (χ1v) is 8.01. The van der Waals surface area contributed by atoms with Crippen molar-refractivity contribution in [3.8, 4) is 17.6 Å². The molecule has 2 aromatic carbocycles. The van der Waals surface area contributed by atoms with Gasteiger partial charge in [-0.2, -0.15) is 0 Å². The van der Waals surface area contributed by atoms with Crippen LogP contribution in [0.1, 0.15) is 42.9 Å². The highest BCUT2D eigenvalue weighted by molar-refractivity contribution is 5.35. The molecule has 0 atom stereocenters. The van der Waals surface area contributed by atoms with Gasteiger partial charge in [0.15, 0.2) is 0 Å². The molecule has 22 heavy (non-hydrogen) atoms. The van der Waals surface area contributed by atoms with E-state index in [4.69, 9.17) is 4.74 Å². The number of rotatable bonds is 6. The Bertz CT molecular complexity index is 632. The SMILES string of the molecule is CCCC#CCCc1ccc(OCc2ccccc2)cc1C. The Kier molecular flexibility index (Phi) is 6.58. The third kappa shape index (κ3) is 5.30. The van der Waals surface area contributed by atoms with Crippen LogP contribution in [-0.2, 0) is 13.0 Å². The molecule has 0 unspecified atom stereocenters. The van der Waals surface area contributed by atoms with Crippen LogP contribution in [0.4, 0.5) is 0 Å². The molecule has 0 aliphatic rings. The fourth-order valence-corrected chi connectivity index (χ4v) is 2.28. The maximum Gasteiger partial charge on any atom is 0.120 e. The van der Waals surface area contributed by atoms with E-state index < -0.39 is 0 Å². The van der Waals surface area contributed by atoms with Gasteiger partial charge in [0.05, 0.1) is 0 Å². The van der Waals surface area contributed by atoms with Crippen molar-refractivity contribution in [2.24, 2.45) is 0 Å². The zero-order valence-electron chi connectivity index (χ0n) is 13.6. The van der Waals surface area contributed by atoms with Crippen molar-refractivity contribution in [2.45, 2.75) is 46.1 Å². The van der Waals surface area contributed by atoms with Crippen LogP contribution in [0, 0.1) is 18.8 Å². The van der Waals surface area contributed by atoms with Crippen molar-refractivity contribution in [3.05, 3.63) is 65.2 Å². The molecular weight excluding hydrogens is 268 g/mol. The van der Waals surface area contributed by atoms with Gasteiger partial charge >= 0.3 is 0 Å². The summed E-state index contributed by atoms with van der Waals surface area (Å²) >= 11 is 0. The summed E-state index contributed by atoms with van der Waals surface area (Å²) in [6.07, 6.45) is 4.09. The third-order valence-electron chi connectivity index (χ3n) is 3.58. The lowest BCUT2D eigenvalue weighted by Gasteiger charge is -2.09. The van der Waals surface area contributed by atoms with E-state index in [1.54, 1.807) is 0 Å². The lowest BCUT2D eigenvalue weighted by molar-refractivity contribution is 0.306. The van der Waals surface area contributed by atoms with E-state index in [2.05, 4.69) is 56.0 Å². The van der Waals surface area contributed by atoms with Crippen LogP contribution in [-0.4, -0.2) is 0 Å².